The molecule has 0 bridgehead atoms. The molecule has 4 rings (SSSR count). The Morgan fingerprint density at radius 2 is 1.83 bits per heavy atom. The van der Waals surface area contributed by atoms with Crippen molar-refractivity contribution in [3.05, 3.63) is 96.3 Å². The SMILES string of the molecule is CN(C(=O)c1nc(C(=O)NCc2cccnc2)n2ccccc12)c1ccccc1. The van der Waals surface area contributed by atoms with Crippen LogP contribution in [0.15, 0.2) is 79.3 Å². The fraction of sp³-hybridized carbons (Fsp3) is 0.0909. The van der Waals surface area contributed by atoms with E-state index in [2.05, 4.69) is 15.3 Å². The standard InChI is InChI=1S/C22H19N5O2/c1-26(17-9-3-2-4-10-17)22(29)19-18-11-5-6-13-27(18)20(25-19)21(28)24-15-16-8-7-12-23-14-16/h2-14H,15H2,1H3,(H,24,28). The van der Waals surface area contributed by atoms with E-state index in [4.69, 9.17) is 0 Å². The number of pyridine rings is 2. The highest BCUT2D eigenvalue weighted by Gasteiger charge is 2.24. The van der Waals surface area contributed by atoms with Crippen LogP contribution in [0.4, 0.5) is 5.69 Å². The van der Waals surface area contributed by atoms with Crippen LogP contribution in [-0.4, -0.2) is 33.2 Å². The fourth-order valence-electron chi connectivity index (χ4n) is 3.05. The first-order valence-electron chi connectivity index (χ1n) is 9.12. The van der Waals surface area contributed by atoms with Gasteiger partial charge < -0.3 is 10.2 Å². The summed E-state index contributed by atoms with van der Waals surface area (Å²) in [6.45, 7) is 0.321. The van der Waals surface area contributed by atoms with Crippen LogP contribution in [0, 0.1) is 0 Å². The lowest BCUT2D eigenvalue weighted by molar-refractivity contribution is 0.0940. The number of hydrogen-bond acceptors (Lipinski definition) is 4. The normalized spacial score (nSPS) is 10.7. The van der Waals surface area contributed by atoms with Gasteiger partial charge in [0.15, 0.2) is 5.69 Å². The largest absolute Gasteiger partial charge is 0.345 e. The molecule has 0 unspecified atom stereocenters. The smallest absolute Gasteiger partial charge is 0.287 e. The zero-order chi connectivity index (χ0) is 20.2. The highest BCUT2D eigenvalue weighted by molar-refractivity contribution is 6.10. The van der Waals surface area contributed by atoms with Crippen LogP contribution < -0.4 is 10.2 Å². The molecule has 0 fully saturated rings. The molecule has 0 saturated carbocycles. The molecule has 0 spiro atoms. The van der Waals surface area contributed by atoms with Gasteiger partial charge in [0.05, 0.1) is 5.52 Å². The van der Waals surface area contributed by atoms with Gasteiger partial charge in [-0.2, -0.15) is 0 Å². The van der Waals surface area contributed by atoms with E-state index < -0.39 is 0 Å². The van der Waals surface area contributed by atoms with Gasteiger partial charge in [-0.25, -0.2) is 4.98 Å². The molecule has 0 radical (unpaired) electrons. The van der Waals surface area contributed by atoms with Crippen molar-refractivity contribution in [3.8, 4) is 0 Å². The number of carbonyl (C=O) groups is 2. The number of rotatable bonds is 5. The van der Waals surface area contributed by atoms with E-state index in [1.165, 1.54) is 4.90 Å². The summed E-state index contributed by atoms with van der Waals surface area (Å²) >= 11 is 0. The Kier molecular flexibility index (Phi) is 5.03. The predicted octanol–water partition coefficient (Wildman–Crippen LogP) is 2.94. The molecule has 7 nitrogen and oxygen atoms in total. The van der Waals surface area contributed by atoms with E-state index in [0.717, 1.165) is 11.3 Å². The van der Waals surface area contributed by atoms with Gasteiger partial charge in [0, 0.05) is 37.9 Å². The van der Waals surface area contributed by atoms with Gasteiger partial charge in [-0.1, -0.05) is 30.3 Å². The van der Waals surface area contributed by atoms with E-state index in [0.29, 0.717) is 12.1 Å². The minimum Gasteiger partial charge on any atom is -0.345 e. The van der Waals surface area contributed by atoms with Crippen molar-refractivity contribution in [1.29, 1.82) is 0 Å². The molecule has 2 amide bonds. The molecule has 3 aromatic heterocycles. The highest BCUT2D eigenvalue weighted by atomic mass is 16.2. The zero-order valence-corrected chi connectivity index (χ0v) is 15.8. The average Bonchev–Trinajstić information content (AvgIpc) is 3.17. The van der Waals surface area contributed by atoms with Gasteiger partial charge in [-0.05, 0) is 35.9 Å². The molecule has 144 valence electrons. The topological polar surface area (TPSA) is 79.6 Å². The Bertz CT molecular complexity index is 1160. The number of fused-ring (bicyclic) bond motifs is 1. The van der Waals surface area contributed by atoms with Crippen LogP contribution in [0.1, 0.15) is 26.7 Å². The van der Waals surface area contributed by atoms with Crippen molar-refractivity contribution in [1.82, 2.24) is 19.7 Å². The van der Waals surface area contributed by atoms with Crippen molar-refractivity contribution in [3.63, 3.8) is 0 Å². The van der Waals surface area contributed by atoms with Gasteiger partial charge in [0.1, 0.15) is 0 Å². The molecular formula is C22H19N5O2. The summed E-state index contributed by atoms with van der Waals surface area (Å²) in [6.07, 6.45) is 5.09. The number of hydrogen-bond donors (Lipinski definition) is 1. The van der Waals surface area contributed by atoms with Crippen molar-refractivity contribution in [2.24, 2.45) is 0 Å². The summed E-state index contributed by atoms with van der Waals surface area (Å²) in [6, 6.07) is 18.4. The van der Waals surface area contributed by atoms with Gasteiger partial charge in [0.25, 0.3) is 11.8 Å². The van der Waals surface area contributed by atoms with E-state index in [-0.39, 0.29) is 23.3 Å². The van der Waals surface area contributed by atoms with E-state index >= 15 is 0 Å². The molecule has 0 saturated heterocycles. The van der Waals surface area contributed by atoms with E-state index in [9.17, 15) is 9.59 Å². The lowest BCUT2D eigenvalue weighted by atomic mass is 10.2. The van der Waals surface area contributed by atoms with Crippen LogP contribution in [0.2, 0.25) is 0 Å². The number of nitrogens with zero attached hydrogens (tertiary/aromatic N) is 4. The first kappa shape index (κ1) is 18.4. The summed E-state index contributed by atoms with van der Waals surface area (Å²) in [5.74, 6) is -0.489. The molecule has 3 heterocycles. The predicted molar refractivity (Wildman–Crippen MR) is 110 cm³/mol. The fourth-order valence-corrected chi connectivity index (χ4v) is 3.05. The number of anilines is 1. The minimum atomic E-state index is -0.364. The second-order valence-corrected chi connectivity index (χ2v) is 6.48. The molecule has 7 heteroatoms. The number of amides is 2. The number of aromatic nitrogens is 3. The van der Waals surface area contributed by atoms with Gasteiger partial charge in [-0.3, -0.25) is 19.0 Å². The molecule has 0 atom stereocenters. The Balaban J connectivity index is 1.64. The maximum Gasteiger partial charge on any atom is 0.287 e. The second kappa shape index (κ2) is 7.93. The summed E-state index contributed by atoms with van der Waals surface area (Å²) in [7, 11) is 1.69. The number of carbonyl (C=O) groups excluding carboxylic acids is 2. The lowest BCUT2D eigenvalue weighted by Gasteiger charge is -2.16. The maximum absolute atomic E-state index is 13.1. The molecule has 0 aliphatic carbocycles. The number of imidazole rings is 1. The molecule has 0 aliphatic heterocycles. The Morgan fingerprint density at radius 1 is 1.03 bits per heavy atom. The Hall–Kier alpha value is -4.00. The van der Waals surface area contributed by atoms with Crippen LogP contribution in [0.3, 0.4) is 0 Å². The van der Waals surface area contributed by atoms with Crippen molar-refractivity contribution in [2.75, 3.05) is 11.9 Å². The Morgan fingerprint density at radius 3 is 2.59 bits per heavy atom. The van der Waals surface area contributed by atoms with Crippen LogP contribution in [0.25, 0.3) is 5.52 Å². The van der Waals surface area contributed by atoms with Crippen LogP contribution in [0.5, 0.6) is 0 Å². The monoisotopic (exact) mass is 385 g/mol. The van der Waals surface area contributed by atoms with Crippen LogP contribution in [-0.2, 0) is 6.54 Å². The molecule has 29 heavy (non-hydrogen) atoms. The second-order valence-electron chi connectivity index (χ2n) is 6.48. The molecule has 4 aromatic rings. The highest BCUT2D eigenvalue weighted by Crippen LogP contribution is 2.19. The number of benzene rings is 1. The third-order valence-corrected chi connectivity index (χ3v) is 4.58. The number of para-hydroxylation sites is 1. The molecule has 1 N–H and O–H groups in total. The Labute approximate surface area is 167 Å². The molecule has 0 aliphatic rings. The van der Waals surface area contributed by atoms with Gasteiger partial charge in [-0.15, -0.1) is 0 Å². The van der Waals surface area contributed by atoms with E-state index in [1.54, 1.807) is 42.2 Å². The molecular weight excluding hydrogens is 366 g/mol. The lowest BCUT2D eigenvalue weighted by Crippen LogP contribution is -2.27. The first-order chi connectivity index (χ1) is 14.1. The average molecular weight is 385 g/mol. The number of nitrogens with one attached hydrogen (secondary N) is 1. The summed E-state index contributed by atoms with van der Waals surface area (Å²) in [5, 5.41) is 2.83. The minimum absolute atomic E-state index is 0.161. The van der Waals surface area contributed by atoms with Crippen LogP contribution >= 0.6 is 0 Å². The summed E-state index contributed by atoms with van der Waals surface area (Å²) < 4.78 is 1.63. The van der Waals surface area contributed by atoms with Gasteiger partial charge in [0.2, 0.25) is 5.82 Å². The summed E-state index contributed by atoms with van der Waals surface area (Å²) in [4.78, 5) is 35.8. The van der Waals surface area contributed by atoms with Crippen molar-refractivity contribution in [2.45, 2.75) is 6.54 Å². The molecule has 1 aromatic carbocycles. The zero-order valence-electron chi connectivity index (χ0n) is 15.8. The van der Waals surface area contributed by atoms with E-state index in [1.807, 2.05) is 48.5 Å². The maximum atomic E-state index is 13.1. The first-order valence-corrected chi connectivity index (χ1v) is 9.12. The van der Waals surface area contributed by atoms with Crippen molar-refractivity contribution >= 4 is 23.0 Å². The summed E-state index contributed by atoms with van der Waals surface area (Å²) in [5.41, 5.74) is 2.43. The quantitative estimate of drug-likeness (QED) is 0.573. The third kappa shape index (κ3) is 3.70. The van der Waals surface area contributed by atoms with Gasteiger partial charge >= 0.3 is 0 Å². The van der Waals surface area contributed by atoms with Crippen molar-refractivity contribution < 1.29 is 9.59 Å². The third-order valence-electron chi connectivity index (χ3n) is 4.58.